The molecule has 0 bridgehead atoms. The van der Waals surface area contributed by atoms with Gasteiger partial charge in [0.05, 0.1) is 35.9 Å². The Morgan fingerprint density at radius 3 is 2.40 bits per heavy atom. The second-order valence-corrected chi connectivity index (χ2v) is 16.8. The summed E-state index contributed by atoms with van der Waals surface area (Å²) in [7, 11) is 3.31. The van der Waals surface area contributed by atoms with Crippen LogP contribution in [-0.4, -0.2) is 117 Å². The number of pyridine rings is 1. The van der Waals surface area contributed by atoms with Crippen molar-refractivity contribution in [2.24, 2.45) is 17.8 Å². The normalized spacial score (nSPS) is 37.0. The summed E-state index contributed by atoms with van der Waals surface area (Å²) in [6, 6.07) is 2.97. The van der Waals surface area contributed by atoms with Gasteiger partial charge in [0, 0.05) is 74.6 Å². The van der Waals surface area contributed by atoms with Crippen LogP contribution < -0.4 is 5.32 Å². The van der Waals surface area contributed by atoms with Gasteiger partial charge in [-0.2, -0.15) is 0 Å². The maximum Gasteiger partial charge on any atom is 0.410 e. The number of nitrogens with zero attached hydrogens (tertiary/aromatic N) is 4. The number of aromatic nitrogens is 3. The molecule has 2 aromatic heterocycles. The third-order valence-corrected chi connectivity index (χ3v) is 12.5. The van der Waals surface area contributed by atoms with Crippen LogP contribution in [0.15, 0.2) is 37.1 Å². The summed E-state index contributed by atoms with van der Waals surface area (Å²) in [5.74, 6) is -5.37. The molecule has 5 rings (SSSR count). The van der Waals surface area contributed by atoms with Crippen molar-refractivity contribution in [3.63, 3.8) is 0 Å². The number of nitrogens with one attached hydrogen (secondary N) is 1. The summed E-state index contributed by atoms with van der Waals surface area (Å²) in [6.45, 7) is 13.8. The third-order valence-electron chi connectivity index (χ3n) is 12.5. The molecular formula is C42H62FN5O9. The maximum absolute atomic E-state index is 16.8. The number of fused-ring (bicyclic) bond motifs is 1. The van der Waals surface area contributed by atoms with Crippen molar-refractivity contribution in [3.05, 3.63) is 37.1 Å². The summed E-state index contributed by atoms with van der Waals surface area (Å²) in [5, 5.41) is 3.26. The van der Waals surface area contributed by atoms with Gasteiger partial charge < -0.3 is 38.5 Å². The van der Waals surface area contributed by atoms with E-state index in [1.807, 2.05) is 36.9 Å². The highest BCUT2D eigenvalue weighted by molar-refractivity contribution is 6.08. The molecule has 3 fully saturated rings. The number of methoxy groups -OCH3 is 1. The topological polar surface area (TPSA) is 160 Å². The first-order valence-electron chi connectivity index (χ1n) is 20.3. The van der Waals surface area contributed by atoms with E-state index >= 15 is 4.39 Å². The summed E-state index contributed by atoms with van der Waals surface area (Å²) >= 11 is 0. The van der Waals surface area contributed by atoms with Gasteiger partial charge in [0.1, 0.15) is 11.9 Å². The largest absolute Gasteiger partial charge is 0.455 e. The Balaban J connectivity index is 1.44. The van der Waals surface area contributed by atoms with Gasteiger partial charge in [-0.15, -0.1) is 0 Å². The molecule has 316 valence electrons. The summed E-state index contributed by atoms with van der Waals surface area (Å²) in [6.07, 6.45) is 5.85. The SMILES string of the molecule is CC[C@H]1OC(=O)[C@@](C)(F)C(=O)[C@H](C)[C@@H](O[C@H]2C[C@@H](NC)C[C@@H](C)O2)[C@](C)(OC)C[C@@H](C)C(=O)[C@H](C)C2N(CCCCn3cnc(-c4cccnc4)c3)C(=O)O[C@@]21C. The van der Waals surface area contributed by atoms with E-state index in [9.17, 15) is 19.2 Å². The lowest BCUT2D eigenvalue weighted by Crippen LogP contribution is -2.60. The molecule has 14 nitrogen and oxygen atoms in total. The number of esters is 1. The summed E-state index contributed by atoms with van der Waals surface area (Å²) < 4.78 is 49.5. The number of carbonyl (C=O) groups excluding carboxylic acids is 4. The first-order valence-corrected chi connectivity index (χ1v) is 20.3. The Morgan fingerprint density at radius 1 is 1.04 bits per heavy atom. The number of amides is 1. The molecule has 0 saturated carbocycles. The first-order chi connectivity index (χ1) is 26.9. The van der Waals surface area contributed by atoms with Crippen molar-refractivity contribution in [1.82, 2.24) is 24.8 Å². The lowest BCUT2D eigenvalue weighted by Gasteiger charge is -2.45. The Bertz CT molecular complexity index is 1730. The Labute approximate surface area is 335 Å². The highest BCUT2D eigenvalue weighted by Gasteiger charge is 2.61. The Morgan fingerprint density at radius 2 is 1.75 bits per heavy atom. The van der Waals surface area contributed by atoms with Gasteiger partial charge in [0.25, 0.3) is 5.67 Å². The number of ether oxygens (including phenoxy) is 5. The van der Waals surface area contributed by atoms with E-state index in [1.54, 1.807) is 53.3 Å². The van der Waals surface area contributed by atoms with Gasteiger partial charge in [-0.3, -0.25) is 14.6 Å². The molecule has 0 aromatic carbocycles. The molecule has 3 aliphatic rings. The van der Waals surface area contributed by atoms with Crippen molar-refractivity contribution in [3.8, 4) is 11.3 Å². The number of alkyl halides is 1. The van der Waals surface area contributed by atoms with Crippen molar-refractivity contribution < 1.29 is 47.3 Å². The van der Waals surface area contributed by atoms with Crippen LogP contribution in [0.2, 0.25) is 0 Å². The molecule has 1 N–H and O–H groups in total. The lowest BCUT2D eigenvalue weighted by molar-refractivity contribution is -0.259. The van der Waals surface area contributed by atoms with Gasteiger partial charge in [0.2, 0.25) is 0 Å². The van der Waals surface area contributed by atoms with Crippen molar-refractivity contribution >= 4 is 23.6 Å². The van der Waals surface area contributed by atoms with E-state index in [4.69, 9.17) is 23.7 Å². The van der Waals surface area contributed by atoms with Crippen LogP contribution in [-0.2, 0) is 44.6 Å². The van der Waals surface area contributed by atoms with Crippen LogP contribution in [0.5, 0.6) is 0 Å². The minimum absolute atomic E-state index is 0.0653. The number of carbonyl (C=O) groups is 4. The maximum atomic E-state index is 16.8. The molecule has 2 aromatic rings. The van der Waals surface area contributed by atoms with E-state index < -0.39 is 77.0 Å². The minimum Gasteiger partial charge on any atom is -0.455 e. The van der Waals surface area contributed by atoms with Gasteiger partial charge in [-0.1, -0.05) is 27.7 Å². The second kappa shape index (κ2) is 18.0. The van der Waals surface area contributed by atoms with Gasteiger partial charge in [-0.05, 0) is 79.0 Å². The minimum atomic E-state index is -3.10. The highest BCUT2D eigenvalue weighted by Crippen LogP contribution is 2.43. The van der Waals surface area contributed by atoms with Gasteiger partial charge in [-0.25, -0.2) is 19.0 Å². The zero-order chi connectivity index (χ0) is 41.9. The number of cyclic esters (lactones) is 1. The van der Waals surface area contributed by atoms with Crippen molar-refractivity contribution in [1.29, 1.82) is 0 Å². The van der Waals surface area contributed by atoms with Crippen LogP contribution in [0.1, 0.15) is 93.9 Å². The third kappa shape index (κ3) is 9.26. The van der Waals surface area contributed by atoms with Gasteiger partial charge >= 0.3 is 12.1 Å². The van der Waals surface area contributed by atoms with Crippen LogP contribution in [0.25, 0.3) is 11.3 Å². The summed E-state index contributed by atoms with van der Waals surface area (Å²) in [5.41, 5.74) is -4.28. The molecule has 15 heteroatoms. The number of aryl methyl sites for hydroxylation is 1. The molecule has 0 radical (unpaired) electrons. The van der Waals surface area contributed by atoms with Crippen LogP contribution in [0, 0.1) is 17.8 Å². The molecule has 0 spiro atoms. The predicted octanol–water partition coefficient (Wildman–Crippen LogP) is 5.71. The fraction of sp³-hybridized carbons (Fsp3) is 0.714. The highest BCUT2D eigenvalue weighted by atomic mass is 19.1. The predicted molar refractivity (Wildman–Crippen MR) is 209 cm³/mol. The first kappa shape index (κ1) is 44.3. The Kier molecular flexibility index (Phi) is 14.0. The number of ketones is 2. The van der Waals surface area contributed by atoms with E-state index in [2.05, 4.69) is 15.3 Å². The molecule has 0 aliphatic carbocycles. The number of rotatable bonds is 11. The van der Waals surface area contributed by atoms with Gasteiger partial charge in [0.15, 0.2) is 17.7 Å². The smallest absolute Gasteiger partial charge is 0.410 e. The fourth-order valence-corrected chi connectivity index (χ4v) is 9.22. The van der Waals surface area contributed by atoms with Crippen molar-refractivity contribution in [2.75, 3.05) is 20.7 Å². The molecule has 3 saturated heterocycles. The molecule has 1 amide bonds. The average Bonchev–Trinajstić information content (AvgIpc) is 3.77. The number of hydrogen-bond donors (Lipinski definition) is 1. The van der Waals surface area contributed by atoms with Crippen molar-refractivity contribution in [2.45, 2.75) is 154 Å². The number of Topliss-reactive ketones (excluding diaryl/α,β-unsaturated/α-hetero) is 2. The molecule has 1 unspecified atom stereocenters. The Hall–Kier alpha value is -3.79. The lowest BCUT2D eigenvalue weighted by atomic mass is 9.73. The molecular weight excluding hydrogens is 737 g/mol. The second-order valence-electron chi connectivity index (χ2n) is 16.8. The van der Waals surface area contributed by atoms with Crippen LogP contribution >= 0.6 is 0 Å². The monoisotopic (exact) mass is 799 g/mol. The molecule has 3 aliphatic heterocycles. The zero-order valence-corrected chi connectivity index (χ0v) is 35.2. The fourth-order valence-electron chi connectivity index (χ4n) is 9.22. The van der Waals surface area contributed by atoms with Crippen LogP contribution in [0.4, 0.5) is 9.18 Å². The molecule has 12 atom stereocenters. The van der Waals surface area contributed by atoms with E-state index in [0.717, 1.165) is 24.6 Å². The van der Waals surface area contributed by atoms with E-state index in [-0.39, 0.29) is 37.3 Å². The number of imidazole rings is 1. The number of halogens is 1. The quantitative estimate of drug-likeness (QED) is 0.168. The number of hydrogen-bond acceptors (Lipinski definition) is 12. The summed E-state index contributed by atoms with van der Waals surface area (Å²) in [4.78, 5) is 66.7. The average molecular weight is 800 g/mol. The van der Waals surface area contributed by atoms with Crippen LogP contribution in [0.3, 0.4) is 0 Å². The number of unbranched alkanes of at least 4 members (excludes halogenated alkanes) is 1. The van der Waals surface area contributed by atoms with E-state index in [0.29, 0.717) is 25.8 Å². The molecule has 5 heterocycles. The standard InChI is InChI=1S/C42H62FN5O9/c1-11-32-42(8)35(48(39(52)57-42)18-13-12-17-47-23-31(46-24-47)29-15-14-16-45-22-29)27(4)34(49)25(2)21-40(6,53-10)37(28(5)36(50)41(7,43)38(51)55-32)56-33-20-30(44-9)19-26(3)54-33/h14-16,22-28,30,32-33,35,37,44H,11-13,17-21H2,1-10H3/t25-,26-,27+,28+,30+,32-,33+,35?,37-,40-,41+,42-/m1/s1. The van der Waals surface area contributed by atoms with E-state index in [1.165, 1.54) is 18.9 Å². The molecule has 57 heavy (non-hydrogen) atoms. The zero-order valence-electron chi connectivity index (χ0n) is 35.2.